The van der Waals surface area contributed by atoms with Crippen molar-refractivity contribution in [3.63, 3.8) is 0 Å². The van der Waals surface area contributed by atoms with Gasteiger partial charge in [-0.1, -0.05) is 0 Å². The zero-order valence-corrected chi connectivity index (χ0v) is 10.0. The second-order valence-electron chi connectivity index (χ2n) is 3.72. The van der Waals surface area contributed by atoms with Crippen molar-refractivity contribution < 1.29 is 31.1 Å². The van der Waals surface area contributed by atoms with E-state index in [0.29, 0.717) is 0 Å². The molecular formula is C9H14F6N2O. The molecule has 0 radical (unpaired) electrons. The molecule has 0 aromatic rings. The quantitative estimate of drug-likeness (QED) is 0.792. The van der Waals surface area contributed by atoms with Gasteiger partial charge in [0.25, 0.3) is 0 Å². The Kier molecular flexibility index (Phi) is 4.90. The van der Waals surface area contributed by atoms with Gasteiger partial charge < -0.3 is 10.2 Å². The molecule has 2 amide bonds. The lowest BCUT2D eigenvalue weighted by Crippen LogP contribution is -2.67. The van der Waals surface area contributed by atoms with Gasteiger partial charge in [-0.15, -0.1) is 0 Å². The number of rotatable bonds is 3. The fourth-order valence-corrected chi connectivity index (χ4v) is 1.11. The summed E-state index contributed by atoms with van der Waals surface area (Å²) in [6, 6.07) is -1.41. The van der Waals surface area contributed by atoms with Crippen molar-refractivity contribution in [1.29, 1.82) is 0 Å². The molecule has 0 fully saturated rings. The van der Waals surface area contributed by atoms with Crippen molar-refractivity contribution in [2.75, 3.05) is 13.1 Å². The average molecular weight is 280 g/mol. The Morgan fingerprint density at radius 3 is 1.56 bits per heavy atom. The van der Waals surface area contributed by atoms with Crippen LogP contribution in [0.2, 0.25) is 0 Å². The summed E-state index contributed by atoms with van der Waals surface area (Å²) in [4.78, 5) is 12.2. The van der Waals surface area contributed by atoms with E-state index in [-0.39, 0.29) is 20.0 Å². The fourth-order valence-electron chi connectivity index (χ4n) is 1.11. The van der Waals surface area contributed by atoms with E-state index >= 15 is 0 Å². The first-order chi connectivity index (χ1) is 7.90. The van der Waals surface area contributed by atoms with Crippen LogP contribution >= 0.6 is 0 Å². The number of hydrogen-bond acceptors (Lipinski definition) is 1. The van der Waals surface area contributed by atoms with E-state index in [0.717, 1.165) is 10.2 Å². The lowest BCUT2D eigenvalue weighted by molar-refractivity contribution is -0.298. The van der Waals surface area contributed by atoms with Gasteiger partial charge in [0, 0.05) is 13.1 Å². The van der Waals surface area contributed by atoms with Crippen molar-refractivity contribution >= 4 is 6.03 Å². The van der Waals surface area contributed by atoms with Crippen molar-refractivity contribution in [3.05, 3.63) is 0 Å². The predicted molar refractivity (Wildman–Crippen MR) is 52.0 cm³/mol. The topological polar surface area (TPSA) is 32.3 Å². The van der Waals surface area contributed by atoms with Crippen LogP contribution in [0.4, 0.5) is 31.1 Å². The number of carbonyl (C=O) groups excluding carboxylic acids is 1. The molecule has 0 saturated heterocycles. The second-order valence-corrected chi connectivity index (χ2v) is 3.72. The molecule has 0 saturated carbocycles. The number of carbonyl (C=O) groups is 1. The third-order valence-corrected chi connectivity index (χ3v) is 2.54. The summed E-state index contributed by atoms with van der Waals surface area (Å²) < 4.78 is 74.9. The molecule has 0 unspecified atom stereocenters. The molecule has 0 bridgehead atoms. The predicted octanol–water partition coefficient (Wildman–Crippen LogP) is 2.92. The van der Waals surface area contributed by atoms with Crippen LogP contribution in [-0.4, -0.2) is 41.9 Å². The van der Waals surface area contributed by atoms with Crippen LogP contribution in [0.3, 0.4) is 0 Å². The highest BCUT2D eigenvalue weighted by atomic mass is 19.4. The zero-order valence-electron chi connectivity index (χ0n) is 10.0. The normalized spacial score (nSPS) is 13.4. The Bertz CT molecular complexity index is 280. The Morgan fingerprint density at radius 2 is 1.33 bits per heavy atom. The first-order valence-corrected chi connectivity index (χ1v) is 5.11. The number of halogens is 6. The van der Waals surface area contributed by atoms with Crippen molar-refractivity contribution in [2.24, 2.45) is 0 Å². The van der Waals surface area contributed by atoms with Gasteiger partial charge in [0.2, 0.25) is 5.54 Å². The lowest BCUT2D eigenvalue weighted by atomic mass is 10.0. The number of nitrogens with one attached hydrogen (secondary N) is 1. The van der Waals surface area contributed by atoms with Crippen LogP contribution in [0, 0.1) is 0 Å². The summed E-state index contributed by atoms with van der Waals surface area (Å²) in [6.45, 7) is 2.81. The molecule has 108 valence electrons. The van der Waals surface area contributed by atoms with Gasteiger partial charge in [-0.25, -0.2) is 4.79 Å². The third kappa shape index (κ3) is 3.20. The highest BCUT2D eigenvalue weighted by molar-refractivity contribution is 5.75. The van der Waals surface area contributed by atoms with Crippen molar-refractivity contribution in [2.45, 2.75) is 38.7 Å². The summed E-state index contributed by atoms with van der Waals surface area (Å²) >= 11 is 0. The maximum atomic E-state index is 12.5. The number of nitrogens with zero attached hydrogens (tertiary/aromatic N) is 1. The molecule has 18 heavy (non-hydrogen) atoms. The molecule has 0 heterocycles. The first kappa shape index (κ1) is 16.9. The van der Waals surface area contributed by atoms with Gasteiger partial charge in [0.1, 0.15) is 0 Å². The van der Waals surface area contributed by atoms with E-state index in [2.05, 4.69) is 0 Å². The second kappa shape index (κ2) is 5.23. The van der Waals surface area contributed by atoms with Crippen molar-refractivity contribution in [1.82, 2.24) is 10.2 Å². The largest absolute Gasteiger partial charge is 0.420 e. The molecule has 0 aliphatic rings. The molecule has 0 aliphatic heterocycles. The molecule has 0 aliphatic carbocycles. The number of amides is 2. The molecule has 0 atom stereocenters. The minimum Gasteiger partial charge on any atom is -0.325 e. The minimum atomic E-state index is -5.63. The van der Waals surface area contributed by atoms with E-state index in [1.54, 1.807) is 0 Å². The van der Waals surface area contributed by atoms with E-state index in [1.807, 2.05) is 0 Å². The summed E-state index contributed by atoms with van der Waals surface area (Å²) in [5, 5.41) is 1.01. The number of alkyl halides is 6. The fraction of sp³-hybridized carbons (Fsp3) is 0.889. The van der Waals surface area contributed by atoms with E-state index in [1.165, 1.54) is 13.8 Å². The van der Waals surface area contributed by atoms with E-state index in [9.17, 15) is 31.1 Å². The maximum Gasteiger partial charge on any atom is 0.420 e. The summed E-state index contributed by atoms with van der Waals surface area (Å²) in [6.07, 6.45) is -11.3. The van der Waals surface area contributed by atoms with Crippen LogP contribution < -0.4 is 5.32 Å². The van der Waals surface area contributed by atoms with Crippen LogP contribution in [-0.2, 0) is 0 Å². The summed E-state index contributed by atoms with van der Waals surface area (Å²) in [7, 11) is 0. The molecule has 0 aromatic heterocycles. The van der Waals surface area contributed by atoms with Crippen LogP contribution in [0.5, 0.6) is 0 Å². The maximum absolute atomic E-state index is 12.5. The van der Waals surface area contributed by atoms with Crippen molar-refractivity contribution in [3.8, 4) is 0 Å². The molecular weight excluding hydrogens is 266 g/mol. The third-order valence-electron chi connectivity index (χ3n) is 2.54. The standard InChI is InChI=1S/C9H14F6N2O/c1-4-17(5-2)6(18)16-7(3,8(10,11)12)9(13,14)15/h4-5H2,1-3H3,(H,16,18). The Hall–Kier alpha value is -1.15. The average Bonchev–Trinajstić information content (AvgIpc) is 2.15. The van der Waals surface area contributed by atoms with Crippen LogP contribution in [0.1, 0.15) is 20.8 Å². The van der Waals surface area contributed by atoms with Crippen LogP contribution in [0.15, 0.2) is 0 Å². The van der Waals surface area contributed by atoms with Gasteiger partial charge in [-0.05, 0) is 20.8 Å². The highest BCUT2D eigenvalue weighted by Crippen LogP contribution is 2.42. The smallest absolute Gasteiger partial charge is 0.325 e. The first-order valence-electron chi connectivity index (χ1n) is 5.11. The summed E-state index contributed by atoms with van der Waals surface area (Å²) in [5.41, 5.74) is -4.26. The van der Waals surface area contributed by atoms with Crippen LogP contribution in [0.25, 0.3) is 0 Å². The van der Waals surface area contributed by atoms with Gasteiger partial charge in [0.15, 0.2) is 0 Å². The molecule has 0 spiro atoms. The minimum absolute atomic E-state index is 0.00806. The molecule has 0 rings (SSSR count). The van der Waals surface area contributed by atoms with Gasteiger partial charge in [0.05, 0.1) is 0 Å². The number of urea groups is 1. The Balaban J connectivity index is 5.24. The highest BCUT2D eigenvalue weighted by Gasteiger charge is 2.68. The zero-order chi connectivity index (χ0) is 14.8. The summed E-state index contributed by atoms with van der Waals surface area (Å²) in [5.74, 6) is 0. The molecule has 3 nitrogen and oxygen atoms in total. The SMILES string of the molecule is CCN(CC)C(=O)NC(C)(C(F)(F)F)C(F)(F)F. The van der Waals surface area contributed by atoms with E-state index in [4.69, 9.17) is 0 Å². The van der Waals surface area contributed by atoms with Gasteiger partial charge in [-0.2, -0.15) is 26.3 Å². The number of hydrogen-bond donors (Lipinski definition) is 1. The Labute approximate surface area is 100 Å². The molecule has 9 heteroatoms. The van der Waals surface area contributed by atoms with E-state index < -0.39 is 23.9 Å². The molecule has 0 aromatic carbocycles. The van der Waals surface area contributed by atoms with Gasteiger partial charge >= 0.3 is 18.4 Å². The van der Waals surface area contributed by atoms with Gasteiger partial charge in [-0.3, -0.25) is 0 Å². The monoisotopic (exact) mass is 280 g/mol. The molecule has 1 N–H and O–H groups in total. The lowest BCUT2D eigenvalue weighted by Gasteiger charge is -2.36. The Morgan fingerprint density at radius 1 is 1.00 bits per heavy atom.